The Labute approximate surface area is 108 Å². The third-order valence-corrected chi connectivity index (χ3v) is 3.52. The smallest absolute Gasteiger partial charge is 0.136 e. The predicted octanol–water partition coefficient (Wildman–Crippen LogP) is 3.78. The molecule has 1 aromatic rings. The molecule has 1 N–H and O–H groups in total. The molecule has 0 aliphatic rings. The number of benzene rings is 1. The quantitative estimate of drug-likeness (QED) is 0.624. The van der Waals surface area contributed by atoms with Crippen molar-refractivity contribution in [1.29, 1.82) is 0 Å². The van der Waals surface area contributed by atoms with E-state index in [1.54, 1.807) is 0 Å². The molecule has 0 heterocycles. The summed E-state index contributed by atoms with van der Waals surface area (Å²) in [4.78, 5) is 0. The van der Waals surface area contributed by atoms with Crippen molar-refractivity contribution in [3.05, 3.63) is 35.6 Å². The van der Waals surface area contributed by atoms with Crippen LogP contribution in [-0.4, -0.2) is 4.75 Å². The Hall–Kier alpha value is -0.540. The maximum atomic E-state index is 12.9. The molecule has 0 saturated carbocycles. The van der Waals surface area contributed by atoms with Crippen LogP contribution in [0.15, 0.2) is 24.3 Å². The van der Waals surface area contributed by atoms with E-state index in [0.717, 1.165) is 12.8 Å². The van der Waals surface area contributed by atoms with E-state index < -0.39 is 0 Å². The summed E-state index contributed by atoms with van der Waals surface area (Å²) in [5.41, 5.74) is 1.17. The van der Waals surface area contributed by atoms with Crippen molar-refractivity contribution >= 4 is 11.9 Å². The van der Waals surface area contributed by atoms with Crippen LogP contribution in [0.4, 0.5) is 4.39 Å². The van der Waals surface area contributed by atoms with Crippen LogP contribution in [0.25, 0.3) is 0 Å². The largest absolute Gasteiger partial charge is 0.207 e. The van der Waals surface area contributed by atoms with Crippen molar-refractivity contribution in [3.63, 3.8) is 0 Å². The van der Waals surface area contributed by atoms with Crippen LogP contribution in [0.3, 0.4) is 0 Å². The molecule has 0 saturated heterocycles. The highest BCUT2D eigenvalue weighted by Crippen LogP contribution is 2.20. The zero-order valence-electron chi connectivity index (χ0n) is 11.1. The standard InChI is InChI=1S/C14H22FNS/c1-5-6-13(16-17-14(2,3)4)11-7-9-12(15)10-8-11/h7-10,13,16H,5-6H2,1-4H3/p+1. The number of thiol groups is 1. The summed E-state index contributed by atoms with van der Waals surface area (Å²) in [7, 11) is 0. The molecule has 17 heavy (non-hydrogen) atoms. The maximum absolute atomic E-state index is 12.9. The summed E-state index contributed by atoms with van der Waals surface area (Å²) in [5.74, 6) is -0.169. The Morgan fingerprint density at radius 2 is 1.82 bits per heavy atom. The molecule has 0 aliphatic carbocycles. The number of nitrogens with one attached hydrogen (secondary N) is 1. The van der Waals surface area contributed by atoms with Gasteiger partial charge in [0.25, 0.3) is 0 Å². The lowest BCUT2D eigenvalue weighted by Crippen LogP contribution is -2.30. The van der Waals surface area contributed by atoms with E-state index in [4.69, 9.17) is 0 Å². The van der Waals surface area contributed by atoms with Gasteiger partial charge in [-0.25, -0.2) is 4.39 Å². The van der Waals surface area contributed by atoms with Gasteiger partial charge in [0, 0.05) is 0 Å². The van der Waals surface area contributed by atoms with E-state index in [1.807, 2.05) is 12.1 Å². The summed E-state index contributed by atoms with van der Waals surface area (Å²) >= 11 is 1.22. The Morgan fingerprint density at radius 3 is 2.29 bits per heavy atom. The van der Waals surface area contributed by atoms with Gasteiger partial charge >= 0.3 is 0 Å². The molecule has 3 heteroatoms. The molecule has 0 fully saturated rings. The molecule has 1 rings (SSSR count). The topological polar surface area (TPSA) is 12.0 Å². The summed E-state index contributed by atoms with van der Waals surface area (Å²) in [6.45, 7) is 8.78. The van der Waals surface area contributed by atoms with Gasteiger partial charge in [-0.05, 0) is 44.9 Å². The van der Waals surface area contributed by atoms with Crippen molar-refractivity contribution < 1.29 is 4.39 Å². The molecule has 0 aromatic heterocycles. The lowest BCUT2D eigenvalue weighted by atomic mass is 10.0. The van der Waals surface area contributed by atoms with E-state index in [9.17, 15) is 4.39 Å². The number of hydrogen-bond donors (Lipinski definition) is 1. The van der Waals surface area contributed by atoms with Crippen molar-refractivity contribution in [2.24, 2.45) is 0 Å². The fourth-order valence-corrected chi connectivity index (χ4v) is 2.38. The van der Waals surface area contributed by atoms with Crippen LogP contribution in [0.5, 0.6) is 0 Å². The van der Waals surface area contributed by atoms with Crippen LogP contribution in [0.2, 0.25) is 0 Å². The first kappa shape index (κ1) is 14.5. The number of hydrogen-bond acceptors (Lipinski definition) is 1. The zero-order valence-corrected chi connectivity index (χ0v) is 12.0. The minimum atomic E-state index is -0.169. The van der Waals surface area contributed by atoms with Crippen molar-refractivity contribution in [3.8, 4) is 0 Å². The lowest BCUT2D eigenvalue weighted by molar-refractivity contribution is 0.589. The average molecular weight is 256 g/mol. The minimum Gasteiger partial charge on any atom is -0.207 e. The minimum absolute atomic E-state index is 0.169. The average Bonchev–Trinajstić information content (AvgIpc) is 2.24. The second-order valence-corrected chi connectivity index (χ2v) is 7.13. The first-order valence-corrected chi connectivity index (χ1v) is 7.04. The van der Waals surface area contributed by atoms with E-state index >= 15 is 0 Å². The molecule has 0 radical (unpaired) electrons. The van der Waals surface area contributed by atoms with Crippen LogP contribution in [-0.2, 0) is 11.9 Å². The Balaban J connectivity index is 2.68. The molecule has 1 unspecified atom stereocenters. The molecular formula is C14H23FNS+. The molecule has 0 spiro atoms. The Bertz CT molecular complexity index is 329. The molecule has 0 aliphatic heterocycles. The molecule has 0 amide bonds. The Morgan fingerprint density at radius 1 is 1.24 bits per heavy atom. The summed E-state index contributed by atoms with van der Waals surface area (Å²) < 4.78 is 16.7. The second kappa shape index (κ2) is 6.41. The molecule has 1 atom stereocenters. The van der Waals surface area contributed by atoms with E-state index in [0.29, 0.717) is 6.04 Å². The zero-order chi connectivity index (χ0) is 12.9. The van der Waals surface area contributed by atoms with Gasteiger partial charge in [0.1, 0.15) is 10.6 Å². The maximum Gasteiger partial charge on any atom is 0.136 e. The highest BCUT2D eigenvalue weighted by Gasteiger charge is 2.23. The van der Waals surface area contributed by atoms with Crippen LogP contribution >= 0.6 is 0 Å². The molecule has 1 aromatic carbocycles. The summed E-state index contributed by atoms with van der Waals surface area (Å²) in [6.07, 6.45) is 2.20. The van der Waals surface area contributed by atoms with Gasteiger partial charge in [0.05, 0.1) is 18.0 Å². The fourth-order valence-electron chi connectivity index (χ4n) is 1.56. The number of halogens is 1. The van der Waals surface area contributed by atoms with Crippen molar-refractivity contribution in [1.82, 2.24) is 4.72 Å². The van der Waals surface area contributed by atoms with Crippen LogP contribution in [0, 0.1) is 5.82 Å². The Kier molecular flexibility index (Phi) is 5.47. The van der Waals surface area contributed by atoms with Gasteiger partial charge in [-0.3, -0.25) is 0 Å². The van der Waals surface area contributed by atoms with Gasteiger partial charge in [0.2, 0.25) is 0 Å². The second-order valence-electron chi connectivity index (χ2n) is 5.30. The third-order valence-electron chi connectivity index (χ3n) is 2.41. The van der Waals surface area contributed by atoms with Gasteiger partial charge in [-0.2, -0.15) is 0 Å². The first-order valence-electron chi connectivity index (χ1n) is 6.15. The summed E-state index contributed by atoms with van der Waals surface area (Å²) in [5, 5.41) is 0. The normalized spacial score (nSPS) is 13.7. The van der Waals surface area contributed by atoms with E-state index in [2.05, 4.69) is 32.4 Å². The van der Waals surface area contributed by atoms with Crippen LogP contribution in [0.1, 0.15) is 52.1 Å². The molecule has 1 nitrogen and oxygen atoms in total. The lowest BCUT2D eigenvalue weighted by Gasteiger charge is -2.17. The van der Waals surface area contributed by atoms with E-state index in [1.165, 1.54) is 29.6 Å². The van der Waals surface area contributed by atoms with Gasteiger partial charge in [-0.1, -0.05) is 25.5 Å². The predicted molar refractivity (Wildman–Crippen MR) is 75.7 cm³/mol. The SMILES string of the molecule is CCCC(N[SH+]C(C)(C)C)c1ccc(F)cc1. The molecular weight excluding hydrogens is 233 g/mol. The number of rotatable bonds is 5. The first-order chi connectivity index (χ1) is 7.92. The summed E-state index contributed by atoms with van der Waals surface area (Å²) in [6, 6.07) is 7.14. The highest BCUT2D eigenvalue weighted by atomic mass is 32.2. The van der Waals surface area contributed by atoms with Crippen molar-refractivity contribution in [2.45, 2.75) is 51.3 Å². The van der Waals surface area contributed by atoms with E-state index in [-0.39, 0.29) is 10.6 Å². The van der Waals surface area contributed by atoms with Gasteiger partial charge in [-0.15, -0.1) is 4.72 Å². The monoisotopic (exact) mass is 256 g/mol. The molecule has 0 bridgehead atoms. The van der Waals surface area contributed by atoms with Gasteiger partial charge < -0.3 is 0 Å². The fraction of sp³-hybridized carbons (Fsp3) is 0.571. The van der Waals surface area contributed by atoms with Crippen LogP contribution < -0.4 is 4.72 Å². The van der Waals surface area contributed by atoms with Crippen molar-refractivity contribution in [2.75, 3.05) is 0 Å². The highest BCUT2D eigenvalue weighted by molar-refractivity contribution is 7.77. The van der Waals surface area contributed by atoms with Gasteiger partial charge in [0.15, 0.2) is 0 Å². The third kappa shape index (κ3) is 5.55. The molecule has 96 valence electrons.